The molecule has 1 amide bonds. The number of aromatic nitrogens is 1. The Kier molecular flexibility index (Phi) is 6.38. The SMILES string of the molecule is C#CCn1c(=NC(=O)c2ccc(C(=O)c3ccccc3)cc2)sc2cc(OC)c(OC)cc21. The molecule has 4 rings (SSSR count). The average molecular weight is 457 g/mol. The Hall–Kier alpha value is -4.15. The number of hydrogen-bond acceptors (Lipinski definition) is 5. The van der Waals surface area contributed by atoms with Gasteiger partial charge in [-0.25, -0.2) is 0 Å². The molecule has 1 aromatic heterocycles. The number of benzene rings is 3. The number of ether oxygens (including phenoxy) is 2. The topological polar surface area (TPSA) is 69.9 Å². The second-order valence-corrected chi connectivity index (χ2v) is 8.05. The van der Waals surface area contributed by atoms with Gasteiger partial charge in [-0.15, -0.1) is 6.42 Å². The Morgan fingerprint density at radius 2 is 1.55 bits per heavy atom. The van der Waals surface area contributed by atoms with Gasteiger partial charge in [0.2, 0.25) is 0 Å². The van der Waals surface area contributed by atoms with Gasteiger partial charge >= 0.3 is 0 Å². The maximum atomic E-state index is 12.9. The summed E-state index contributed by atoms with van der Waals surface area (Å²) in [6.07, 6.45) is 5.56. The molecule has 0 unspecified atom stereocenters. The third-order valence-electron chi connectivity index (χ3n) is 5.06. The maximum absolute atomic E-state index is 12.9. The number of methoxy groups -OCH3 is 2. The van der Waals surface area contributed by atoms with Crippen molar-refractivity contribution in [3.63, 3.8) is 0 Å². The van der Waals surface area contributed by atoms with Gasteiger partial charge in [0, 0.05) is 28.8 Å². The molecule has 6 nitrogen and oxygen atoms in total. The Morgan fingerprint density at radius 3 is 2.18 bits per heavy atom. The van der Waals surface area contributed by atoms with Crippen molar-refractivity contribution in [3.8, 4) is 23.8 Å². The summed E-state index contributed by atoms with van der Waals surface area (Å²) in [5.74, 6) is 3.21. The van der Waals surface area contributed by atoms with Crippen LogP contribution in [0.15, 0.2) is 71.7 Å². The second-order valence-electron chi connectivity index (χ2n) is 7.04. The number of thiazole rings is 1. The van der Waals surface area contributed by atoms with Gasteiger partial charge in [-0.2, -0.15) is 4.99 Å². The predicted molar refractivity (Wildman–Crippen MR) is 128 cm³/mol. The Labute approximate surface area is 194 Å². The first-order valence-corrected chi connectivity index (χ1v) is 10.8. The molecule has 0 aliphatic heterocycles. The van der Waals surface area contributed by atoms with Crippen LogP contribution in [0.25, 0.3) is 10.2 Å². The average Bonchev–Trinajstić information content (AvgIpc) is 3.19. The lowest BCUT2D eigenvalue weighted by Gasteiger charge is -2.08. The molecule has 33 heavy (non-hydrogen) atoms. The first-order valence-electron chi connectivity index (χ1n) is 10.0. The van der Waals surface area contributed by atoms with E-state index in [-0.39, 0.29) is 12.3 Å². The van der Waals surface area contributed by atoms with Gasteiger partial charge in [0.05, 0.1) is 31.0 Å². The smallest absolute Gasteiger partial charge is 0.279 e. The number of fused-ring (bicyclic) bond motifs is 1. The number of carbonyl (C=O) groups is 2. The van der Waals surface area contributed by atoms with Crippen molar-refractivity contribution in [2.24, 2.45) is 4.99 Å². The number of ketones is 1. The molecule has 3 aromatic carbocycles. The highest BCUT2D eigenvalue weighted by Gasteiger charge is 2.14. The molecular weight excluding hydrogens is 436 g/mol. The van der Waals surface area contributed by atoms with Crippen molar-refractivity contribution in [2.45, 2.75) is 6.54 Å². The van der Waals surface area contributed by atoms with Crippen LogP contribution < -0.4 is 14.3 Å². The van der Waals surface area contributed by atoms with E-state index < -0.39 is 5.91 Å². The standard InChI is InChI=1S/C26H20N2O4S/c1-4-14-28-20-15-21(31-2)22(32-3)16-23(20)33-26(28)27-25(30)19-12-10-18(11-13-19)24(29)17-8-6-5-7-9-17/h1,5-13,15-16H,14H2,2-3H3. The highest BCUT2D eigenvalue weighted by atomic mass is 32.1. The largest absolute Gasteiger partial charge is 0.493 e. The van der Waals surface area contributed by atoms with E-state index in [2.05, 4.69) is 10.9 Å². The summed E-state index contributed by atoms with van der Waals surface area (Å²) in [7, 11) is 3.12. The summed E-state index contributed by atoms with van der Waals surface area (Å²) in [6.45, 7) is 0.242. The van der Waals surface area contributed by atoms with Gasteiger partial charge in [0.1, 0.15) is 0 Å². The van der Waals surface area contributed by atoms with Gasteiger partial charge in [-0.1, -0.05) is 59.7 Å². The van der Waals surface area contributed by atoms with E-state index in [4.69, 9.17) is 15.9 Å². The fourth-order valence-corrected chi connectivity index (χ4v) is 4.44. The van der Waals surface area contributed by atoms with Crippen LogP contribution in [0, 0.1) is 12.3 Å². The molecule has 0 spiro atoms. The van der Waals surface area contributed by atoms with Crippen molar-refractivity contribution >= 4 is 33.2 Å². The summed E-state index contributed by atoms with van der Waals surface area (Å²) < 4.78 is 13.4. The fraction of sp³-hybridized carbons (Fsp3) is 0.115. The van der Waals surface area contributed by atoms with Crippen LogP contribution in [-0.2, 0) is 6.54 Å². The molecule has 4 aromatic rings. The maximum Gasteiger partial charge on any atom is 0.279 e. The summed E-state index contributed by atoms with van der Waals surface area (Å²) in [5.41, 5.74) is 2.26. The zero-order chi connectivity index (χ0) is 23.4. The van der Waals surface area contributed by atoms with Gasteiger partial charge in [0.25, 0.3) is 5.91 Å². The molecule has 0 radical (unpaired) electrons. The number of nitrogens with zero attached hydrogens (tertiary/aromatic N) is 2. The second kappa shape index (κ2) is 9.55. The van der Waals surface area contributed by atoms with E-state index in [1.807, 2.05) is 30.3 Å². The lowest BCUT2D eigenvalue weighted by molar-refractivity contribution is 0.0994. The minimum atomic E-state index is -0.426. The predicted octanol–water partition coefficient (Wildman–Crippen LogP) is 4.33. The molecule has 1 heterocycles. The van der Waals surface area contributed by atoms with Crippen LogP contribution in [0.1, 0.15) is 26.3 Å². The lowest BCUT2D eigenvalue weighted by Crippen LogP contribution is -2.16. The Bertz CT molecular complexity index is 1440. The monoisotopic (exact) mass is 456 g/mol. The van der Waals surface area contributed by atoms with Crippen molar-refractivity contribution in [1.29, 1.82) is 0 Å². The number of hydrogen-bond donors (Lipinski definition) is 0. The van der Waals surface area contributed by atoms with Gasteiger partial charge in [0.15, 0.2) is 22.1 Å². The number of amides is 1. The third-order valence-corrected chi connectivity index (χ3v) is 6.11. The summed E-state index contributed by atoms with van der Waals surface area (Å²) in [4.78, 5) is 30.2. The quantitative estimate of drug-likeness (QED) is 0.320. The molecule has 0 saturated carbocycles. The highest BCUT2D eigenvalue weighted by molar-refractivity contribution is 7.16. The summed E-state index contributed by atoms with van der Waals surface area (Å²) >= 11 is 1.33. The molecule has 0 saturated heterocycles. The molecule has 0 aliphatic rings. The van der Waals surface area contributed by atoms with E-state index in [1.54, 1.807) is 55.2 Å². The normalized spacial score (nSPS) is 11.2. The Balaban J connectivity index is 1.70. The molecule has 0 aliphatic carbocycles. The van der Waals surface area contributed by atoms with Crippen LogP contribution in [0.4, 0.5) is 0 Å². The summed E-state index contributed by atoms with van der Waals surface area (Å²) in [6, 6.07) is 19.1. The van der Waals surface area contributed by atoms with Crippen molar-refractivity contribution in [3.05, 3.63) is 88.2 Å². The molecule has 0 N–H and O–H groups in total. The molecule has 164 valence electrons. The number of terminal acetylenes is 1. The van der Waals surface area contributed by atoms with Gasteiger partial charge < -0.3 is 14.0 Å². The van der Waals surface area contributed by atoms with Crippen molar-refractivity contribution in [1.82, 2.24) is 4.57 Å². The zero-order valence-corrected chi connectivity index (χ0v) is 18.9. The van der Waals surface area contributed by atoms with E-state index in [0.29, 0.717) is 33.0 Å². The number of carbonyl (C=O) groups excluding carboxylic acids is 2. The Morgan fingerprint density at radius 1 is 0.939 bits per heavy atom. The third kappa shape index (κ3) is 4.43. The molecule has 0 bridgehead atoms. The van der Waals surface area contributed by atoms with Crippen LogP contribution in [-0.4, -0.2) is 30.5 Å². The van der Waals surface area contributed by atoms with E-state index in [9.17, 15) is 9.59 Å². The summed E-state index contributed by atoms with van der Waals surface area (Å²) in [5, 5.41) is 0. The minimum absolute atomic E-state index is 0.106. The molecular formula is C26H20N2O4S. The van der Waals surface area contributed by atoms with Crippen LogP contribution >= 0.6 is 11.3 Å². The highest BCUT2D eigenvalue weighted by Crippen LogP contribution is 2.33. The van der Waals surface area contributed by atoms with E-state index >= 15 is 0 Å². The van der Waals surface area contributed by atoms with Crippen LogP contribution in [0.2, 0.25) is 0 Å². The molecule has 7 heteroatoms. The van der Waals surface area contributed by atoms with Crippen molar-refractivity contribution < 1.29 is 19.1 Å². The molecule has 0 atom stereocenters. The lowest BCUT2D eigenvalue weighted by atomic mass is 10.0. The zero-order valence-electron chi connectivity index (χ0n) is 18.1. The van der Waals surface area contributed by atoms with Crippen LogP contribution in [0.3, 0.4) is 0 Å². The number of rotatable bonds is 6. The first-order chi connectivity index (χ1) is 16.0. The minimum Gasteiger partial charge on any atom is -0.493 e. The van der Waals surface area contributed by atoms with Crippen LogP contribution in [0.5, 0.6) is 11.5 Å². The van der Waals surface area contributed by atoms with E-state index in [1.165, 1.54) is 11.3 Å². The first kappa shape index (κ1) is 22.1. The van der Waals surface area contributed by atoms with Gasteiger partial charge in [-0.3, -0.25) is 9.59 Å². The fourth-order valence-electron chi connectivity index (χ4n) is 3.40. The molecule has 0 fully saturated rings. The van der Waals surface area contributed by atoms with Crippen molar-refractivity contribution in [2.75, 3.05) is 14.2 Å². The van der Waals surface area contributed by atoms with Gasteiger partial charge in [-0.05, 0) is 12.1 Å². The van der Waals surface area contributed by atoms with E-state index in [0.717, 1.165) is 10.2 Å².